The first-order chi connectivity index (χ1) is 16.3. The highest BCUT2D eigenvalue weighted by Gasteiger charge is 2.32. The zero-order chi connectivity index (χ0) is 24.3. The lowest BCUT2D eigenvalue weighted by atomic mass is 9.95. The molecule has 0 radical (unpaired) electrons. The molecule has 0 N–H and O–H groups in total. The van der Waals surface area contributed by atoms with Crippen molar-refractivity contribution in [2.75, 3.05) is 34.0 Å². The Morgan fingerprint density at radius 3 is 2.44 bits per heavy atom. The van der Waals surface area contributed by atoms with Crippen LogP contribution in [0.1, 0.15) is 42.6 Å². The van der Waals surface area contributed by atoms with Crippen LogP contribution in [0.15, 0.2) is 30.3 Å². The fourth-order valence-electron chi connectivity index (χ4n) is 4.22. The zero-order valence-electron chi connectivity index (χ0n) is 20.0. The SMILES string of the molecule is COc1ccc(-c2cccc3c2COC3=O)c(OCC(C)(C)OC(=O)C2CCOCC2)c1OC. The number of esters is 2. The normalized spacial score (nSPS) is 15.9. The average Bonchev–Trinajstić information content (AvgIpc) is 3.23. The van der Waals surface area contributed by atoms with Gasteiger partial charge in [0.1, 0.15) is 18.8 Å². The van der Waals surface area contributed by atoms with Crippen molar-refractivity contribution in [1.82, 2.24) is 0 Å². The molecule has 182 valence electrons. The molecule has 0 atom stereocenters. The van der Waals surface area contributed by atoms with E-state index in [0.29, 0.717) is 48.9 Å². The molecule has 2 aromatic carbocycles. The van der Waals surface area contributed by atoms with Crippen LogP contribution in [0, 0.1) is 5.92 Å². The van der Waals surface area contributed by atoms with E-state index < -0.39 is 5.60 Å². The number of rotatable bonds is 8. The minimum Gasteiger partial charge on any atom is -0.493 e. The maximum absolute atomic E-state index is 12.7. The minimum atomic E-state index is -0.890. The van der Waals surface area contributed by atoms with Crippen molar-refractivity contribution < 1.29 is 38.0 Å². The Kier molecular flexibility index (Phi) is 6.97. The lowest BCUT2D eigenvalue weighted by Crippen LogP contribution is -2.38. The van der Waals surface area contributed by atoms with Gasteiger partial charge in [-0.05, 0) is 50.5 Å². The number of cyclic esters (lactones) is 1. The van der Waals surface area contributed by atoms with Gasteiger partial charge in [0.25, 0.3) is 0 Å². The molecular weight excluding hydrogens is 440 g/mol. The van der Waals surface area contributed by atoms with Gasteiger partial charge in [-0.15, -0.1) is 0 Å². The summed E-state index contributed by atoms with van der Waals surface area (Å²) < 4.78 is 33.8. The maximum Gasteiger partial charge on any atom is 0.338 e. The van der Waals surface area contributed by atoms with E-state index >= 15 is 0 Å². The van der Waals surface area contributed by atoms with Gasteiger partial charge in [0, 0.05) is 24.3 Å². The van der Waals surface area contributed by atoms with Gasteiger partial charge in [0.2, 0.25) is 5.75 Å². The summed E-state index contributed by atoms with van der Waals surface area (Å²) in [6, 6.07) is 9.10. The molecule has 0 saturated carbocycles. The third kappa shape index (κ3) is 4.82. The Morgan fingerprint density at radius 2 is 1.74 bits per heavy atom. The van der Waals surface area contributed by atoms with Crippen LogP contribution in [-0.4, -0.2) is 51.6 Å². The first kappa shape index (κ1) is 23.9. The number of carbonyl (C=O) groups excluding carboxylic acids is 2. The largest absolute Gasteiger partial charge is 0.493 e. The lowest BCUT2D eigenvalue weighted by molar-refractivity contribution is -0.167. The summed E-state index contributed by atoms with van der Waals surface area (Å²) in [5.74, 6) is 0.587. The number of ether oxygens (including phenoxy) is 6. The highest BCUT2D eigenvalue weighted by atomic mass is 16.6. The second-order valence-electron chi connectivity index (χ2n) is 8.94. The van der Waals surface area contributed by atoms with Crippen molar-refractivity contribution in [3.8, 4) is 28.4 Å². The van der Waals surface area contributed by atoms with Crippen LogP contribution in [-0.2, 0) is 25.6 Å². The number of hydrogen-bond donors (Lipinski definition) is 0. The van der Waals surface area contributed by atoms with Crippen molar-refractivity contribution in [2.45, 2.75) is 38.9 Å². The van der Waals surface area contributed by atoms with E-state index in [2.05, 4.69) is 0 Å². The molecule has 4 rings (SSSR count). The van der Waals surface area contributed by atoms with E-state index in [-0.39, 0.29) is 31.1 Å². The molecule has 2 aliphatic rings. The van der Waals surface area contributed by atoms with E-state index in [4.69, 9.17) is 28.4 Å². The summed E-state index contributed by atoms with van der Waals surface area (Å²) in [6.07, 6.45) is 1.31. The van der Waals surface area contributed by atoms with Crippen molar-refractivity contribution in [3.05, 3.63) is 41.5 Å². The Bertz CT molecular complexity index is 1070. The van der Waals surface area contributed by atoms with Gasteiger partial charge < -0.3 is 28.4 Å². The molecular formula is C26H30O8. The molecule has 2 heterocycles. The summed E-state index contributed by atoms with van der Waals surface area (Å²) in [7, 11) is 3.08. The third-order valence-electron chi connectivity index (χ3n) is 6.03. The van der Waals surface area contributed by atoms with Crippen molar-refractivity contribution in [3.63, 3.8) is 0 Å². The summed E-state index contributed by atoms with van der Waals surface area (Å²) in [6.45, 7) is 5.02. The van der Waals surface area contributed by atoms with E-state index in [0.717, 1.165) is 16.7 Å². The molecule has 1 saturated heterocycles. The van der Waals surface area contributed by atoms with Gasteiger partial charge in [0.05, 0.1) is 25.7 Å². The van der Waals surface area contributed by atoms with Gasteiger partial charge in [-0.3, -0.25) is 4.79 Å². The molecule has 8 nitrogen and oxygen atoms in total. The summed E-state index contributed by atoms with van der Waals surface area (Å²) in [5.41, 5.74) is 1.95. The second kappa shape index (κ2) is 9.93. The molecule has 0 aliphatic carbocycles. The standard InChI is InChI=1S/C26H30O8/c1-26(2,34-24(27)16-10-12-31-13-11-16)15-33-22-18(8-9-21(29-3)23(22)30-4)17-6-5-7-19-20(17)14-32-25(19)28/h5-9,16H,10-15H2,1-4H3. The van der Waals surface area contributed by atoms with Gasteiger partial charge in [-0.2, -0.15) is 0 Å². The lowest BCUT2D eigenvalue weighted by Gasteiger charge is -2.29. The predicted octanol–water partition coefficient (Wildman–Crippen LogP) is 4.17. The second-order valence-corrected chi connectivity index (χ2v) is 8.94. The monoisotopic (exact) mass is 470 g/mol. The molecule has 0 aromatic heterocycles. The summed E-state index contributed by atoms with van der Waals surface area (Å²) in [4.78, 5) is 24.8. The molecule has 0 spiro atoms. The molecule has 0 bridgehead atoms. The number of benzene rings is 2. The molecule has 0 unspecified atom stereocenters. The number of hydrogen-bond acceptors (Lipinski definition) is 8. The van der Waals surface area contributed by atoms with Gasteiger partial charge >= 0.3 is 11.9 Å². The van der Waals surface area contributed by atoms with E-state index in [1.54, 1.807) is 25.3 Å². The van der Waals surface area contributed by atoms with Crippen LogP contribution in [0.25, 0.3) is 11.1 Å². The number of carbonyl (C=O) groups is 2. The molecule has 0 amide bonds. The van der Waals surface area contributed by atoms with Crippen LogP contribution < -0.4 is 14.2 Å². The summed E-state index contributed by atoms with van der Waals surface area (Å²) >= 11 is 0. The molecule has 34 heavy (non-hydrogen) atoms. The first-order valence-electron chi connectivity index (χ1n) is 11.3. The quantitative estimate of drug-likeness (QED) is 0.531. The maximum atomic E-state index is 12.7. The van der Waals surface area contributed by atoms with Crippen LogP contribution in [0.5, 0.6) is 17.2 Å². The van der Waals surface area contributed by atoms with Gasteiger partial charge in [-0.1, -0.05) is 12.1 Å². The Balaban J connectivity index is 1.63. The Morgan fingerprint density at radius 1 is 1.00 bits per heavy atom. The zero-order valence-corrected chi connectivity index (χ0v) is 20.0. The average molecular weight is 471 g/mol. The first-order valence-corrected chi connectivity index (χ1v) is 11.3. The highest BCUT2D eigenvalue weighted by molar-refractivity contribution is 5.96. The van der Waals surface area contributed by atoms with Crippen LogP contribution in [0.4, 0.5) is 0 Å². The summed E-state index contributed by atoms with van der Waals surface area (Å²) in [5, 5.41) is 0. The highest BCUT2D eigenvalue weighted by Crippen LogP contribution is 2.46. The van der Waals surface area contributed by atoms with Crippen molar-refractivity contribution in [1.29, 1.82) is 0 Å². The van der Waals surface area contributed by atoms with E-state index in [1.807, 2.05) is 26.0 Å². The van der Waals surface area contributed by atoms with Crippen LogP contribution in [0.2, 0.25) is 0 Å². The number of fused-ring (bicyclic) bond motifs is 1. The third-order valence-corrected chi connectivity index (χ3v) is 6.03. The molecule has 2 aromatic rings. The molecule has 8 heteroatoms. The predicted molar refractivity (Wildman–Crippen MR) is 123 cm³/mol. The molecule has 1 fully saturated rings. The smallest absolute Gasteiger partial charge is 0.338 e. The van der Waals surface area contributed by atoms with Crippen molar-refractivity contribution >= 4 is 11.9 Å². The van der Waals surface area contributed by atoms with Crippen LogP contribution in [0.3, 0.4) is 0 Å². The van der Waals surface area contributed by atoms with E-state index in [1.165, 1.54) is 7.11 Å². The van der Waals surface area contributed by atoms with Gasteiger partial charge in [0.15, 0.2) is 11.5 Å². The minimum absolute atomic E-state index is 0.0863. The number of methoxy groups -OCH3 is 2. The van der Waals surface area contributed by atoms with E-state index in [9.17, 15) is 9.59 Å². The topological polar surface area (TPSA) is 89.5 Å². The Hall–Kier alpha value is -3.26. The van der Waals surface area contributed by atoms with Crippen LogP contribution >= 0.6 is 0 Å². The molecule has 2 aliphatic heterocycles. The Labute approximate surface area is 199 Å². The fourth-order valence-corrected chi connectivity index (χ4v) is 4.22. The fraction of sp³-hybridized carbons (Fsp3) is 0.462. The van der Waals surface area contributed by atoms with Crippen molar-refractivity contribution in [2.24, 2.45) is 5.92 Å². The van der Waals surface area contributed by atoms with Gasteiger partial charge in [-0.25, -0.2) is 4.79 Å².